The zero-order valence-electron chi connectivity index (χ0n) is 9.24. The molecule has 1 aromatic carbocycles. The standard InChI is InChI=1S/C12H12BrNO3/c1-6-2-7(13)4-8(3-6)14-11(15)9-5-10(9)12(16)17/h2-4,9-10H,5H2,1H3,(H,14,15)(H,16,17). The first kappa shape index (κ1) is 12.1. The van der Waals surface area contributed by atoms with Crippen molar-refractivity contribution in [1.82, 2.24) is 0 Å². The Morgan fingerprint density at radius 1 is 1.35 bits per heavy atom. The van der Waals surface area contributed by atoms with Crippen molar-refractivity contribution < 1.29 is 14.7 Å². The van der Waals surface area contributed by atoms with E-state index in [-0.39, 0.29) is 11.8 Å². The molecule has 0 heterocycles. The molecule has 2 rings (SSSR count). The normalized spacial score (nSPS) is 22.0. The second-order valence-electron chi connectivity index (χ2n) is 4.29. The summed E-state index contributed by atoms with van der Waals surface area (Å²) in [6.45, 7) is 1.93. The van der Waals surface area contributed by atoms with Crippen LogP contribution >= 0.6 is 15.9 Å². The van der Waals surface area contributed by atoms with Gasteiger partial charge in [-0.1, -0.05) is 15.9 Å². The number of rotatable bonds is 3. The predicted octanol–water partition coefficient (Wildman–Crippen LogP) is 2.42. The van der Waals surface area contributed by atoms with Crippen molar-refractivity contribution in [3.63, 3.8) is 0 Å². The smallest absolute Gasteiger partial charge is 0.307 e. The fraction of sp³-hybridized carbons (Fsp3) is 0.333. The van der Waals surface area contributed by atoms with Crippen molar-refractivity contribution in [2.24, 2.45) is 11.8 Å². The van der Waals surface area contributed by atoms with Crippen LogP contribution in [-0.4, -0.2) is 17.0 Å². The lowest BCUT2D eigenvalue weighted by Crippen LogP contribution is -2.16. The summed E-state index contributed by atoms with van der Waals surface area (Å²) in [6, 6.07) is 5.58. The van der Waals surface area contributed by atoms with E-state index >= 15 is 0 Å². The second kappa shape index (κ2) is 4.49. The van der Waals surface area contributed by atoms with E-state index in [4.69, 9.17) is 5.11 Å². The maximum atomic E-state index is 11.7. The summed E-state index contributed by atoms with van der Waals surface area (Å²) < 4.78 is 0.887. The van der Waals surface area contributed by atoms with Gasteiger partial charge in [0, 0.05) is 10.2 Å². The summed E-state index contributed by atoms with van der Waals surface area (Å²) in [5.41, 5.74) is 1.72. The van der Waals surface area contributed by atoms with E-state index < -0.39 is 11.9 Å². The Balaban J connectivity index is 2.02. The predicted molar refractivity (Wildman–Crippen MR) is 66.7 cm³/mol. The zero-order valence-corrected chi connectivity index (χ0v) is 10.8. The van der Waals surface area contributed by atoms with E-state index in [1.54, 1.807) is 6.07 Å². The third kappa shape index (κ3) is 2.85. The Labute approximate surface area is 107 Å². The average Bonchev–Trinajstić information content (AvgIpc) is 2.94. The highest BCUT2D eigenvalue weighted by molar-refractivity contribution is 9.10. The van der Waals surface area contributed by atoms with Crippen LogP contribution in [0.5, 0.6) is 0 Å². The molecule has 0 aliphatic heterocycles. The van der Waals surface area contributed by atoms with Gasteiger partial charge in [-0.2, -0.15) is 0 Å². The molecule has 0 aromatic heterocycles. The molecule has 90 valence electrons. The van der Waals surface area contributed by atoms with Crippen LogP contribution in [0.1, 0.15) is 12.0 Å². The highest BCUT2D eigenvalue weighted by Gasteiger charge is 2.48. The Bertz CT molecular complexity index is 466. The van der Waals surface area contributed by atoms with Crippen molar-refractivity contribution in [3.05, 3.63) is 28.2 Å². The first-order valence-corrected chi connectivity index (χ1v) is 6.07. The molecule has 2 atom stereocenters. The van der Waals surface area contributed by atoms with E-state index in [9.17, 15) is 9.59 Å². The van der Waals surface area contributed by atoms with E-state index in [2.05, 4.69) is 21.2 Å². The van der Waals surface area contributed by atoms with Crippen molar-refractivity contribution in [3.8, 4) is 0 Å². The molecule has 0 saturated heterocycles. The molecule has 1 saturated carbocycles. The molecule has 1 aliphatic rings. The molecule has 1 aromatic rings. The number of hydrogen-bond acceptors (Lipinski definition) is 2. The Morgan fingerprint density at radius 2 is 2.06 bits per heavy atom. The molecule has 2 unspecified atom stereocenters. The number of hydrogen-bond donors (Lipinski definition) is 2. The number of nitrogens with one attached hydrogen (secondary N) is 1. The number of carbonyl (C=O) groups is 2. The third-order valence-corrected chi connectivity index (χ3v) is 3.21. The van der Waals surface area contributed by atoms with Crippen molar-refractivity contribution in [2.45, 2.75) is 13.3 Å². The quantitative estimate of drug-likeness (QED) is 0.900. The van der Waals surface area contributed by atoms with Gasteiger partial charge in [-0.05, 0) is 37.1 Å². The van der Waals surface area contributed by atoms with E-state index in [1.165, 1.54) is 0 Å². The molecule has 4 nitrogen and oxygen atoms in total. The summed E-state index contributed by atoms with van der Waals surface area (Å²) in [5, 5.41) is 11.5. The Hall–Kier alpha value is -1.36. The summed E-state index contributed by atoms with van der Waals surface area (Å²) in [5.74, 6) is -2.00. The zero-order chi connectivity index (χ0) is 12.6. The monoisotopic (exact) mass is 297 g/mol. The summed E-state index contributed by atoms with van der Waals surface area (Å²) >= 11 is 3.35. The minimum atomic E-state index is -0.893. The van der Waals surface area contributed by atoms with Crippen LogP contribution in [0.4, 0.5) is 5.69 Å². The van der Waals surface area contributed by atoms with Gasteiger partial charge in [-0.25, -0.2) is 0 Å². The number of aryl methyl sites for hydroxylation is 1. The van der Waals surface area contributed by atoms with Gasteiger partial charge in [-0.15, -0.1) is 0 Å². The fourth-order valence-corrected chi connectivity index (χ4v) is 2.41. The van der Waals surface area contributed by atoms with Crippen LogP contribution in [0.15, 0.2) is 22.7 Å². The molecule has 1 fully saturated rings. The second-order valence-corrected chi connectivity index (χ2v) is 5.21. The lowest BCUT2D eigenvalue weighted by Gasteiger charge is -2.06. The van der Waals surface area contributed by atoms with E-state index in [0.29, 0.717) is 12.1 Å². The molecule has 2 N–H and O–H groups in total. The highest BCUT2D eigenvalue weighted by atomic mass is 79.9. The van der Waals surface area contributed by atoms with Crippen molar-refractivity contribution in [2.75, 3.05) is 5.32 Å². The minimum absolute atomic E-state index is 0.213. The lowest BCUT2D eigenvalue weighted by molar-refractivity contribution is -0.139. The van der Waals surface area contributed by atoms with Gasteiger partial charge in [0.2, 0.25) is 5.91 Å². The first-order valence-electron chi connectivity index (χ1n) is 5.28. The molecular weight excluding hydrogens is 286 g/mol. The fourth-order valence-electron chi connectivity index (χ4n) is 1.80. The number of aliphatic carboxylic acids is 1. The van der Waals surface area contributed by atoms with Crippen LogP contribution in [0, 0.1) is 18.8 Å². The van der Waals surface area contributed by atoms with Crippen LogP contribution < -0.4 is 5.32 Å². The molecule has 5 heteroatoms. The number of halogens is 1. The number of carbonyl (C=O) groups excluding carboxylic acids is 1. The molecule has 1 aliphatic carbocycles. The van der Waals surface area contributed by atoms with Crippen LogP contribution in [0.2, 0.25) is 0 Å². The number of anilines is 1. The lowest BCUT2D eigenvalue weighted by atomic mass is 10.2. The Morgan fingerprint density at radius 3 is 2.59 bits per heavy atom. The molecule has 0 bridgehead atoms. The summed E-state index contributed by atoms with van der Waals surface area (Å²) in [7, 11) is 0. The highest BCUT2D eigenvalue weighted by Crippen LogP contribution is 2.39. The minimum Gasteiger partial charge on any atom is -0.481 e. The van der Waals surface area contributed by atoms with Gasteiger partial charge >= 0.3 is 5.97 Å². The topological polar surface area (TPSA) is 66.4 Å². The number of carboxylic acid groups (broad SMARTS) is 1. The van der Waals surface area contributed by atoms with Crippen LogP contribution in [0.3, 0.4) is 0 Å². The van der Waals surface area contributed by atoms with Crippen LogP contribution in [0.25, 0.3) is 0 Å². The molecule has 1 amide bonds. The van der Waals surface area contributed by atoms with E-state index in [1.807, 2.05) is 19.1 Å². The number of amides is 1. The van der Waals surface area contributed by atoms with Crippen molar-refractivity contribution >= 4 is 33.5 Å². The van der Waals surface area contributed by atoms with Gasteiger partial charge < -0.3 is 10.4 Å². The van der Waals surface area contributed by atoms with Gasteiger partial charge in [0.1, 0.15) is 0 Å². The molecule has 0 spiro atoms. The molecule has 0 radical (unpaired) electrons. The van der Waals surface area contributed by atoms with Gasteiger partial charge in [-0.3, -0.25) is 9.59 Å². The summed E-state index contributed by atoms with van der Waals surface area (Å²) in [6.07, 6.45) is 0.439. The van der Waals surface area contributed by atoms with Gasteiger partial charge in [0.05, 0.1) is 11.8 Å². The van der Waals surface area contributed by atoms with Gasteiger partial charge in [0.15, 0.2) is 0 Å². The number of carboxylic acids is 1. The van der Waals surface area contributed by atoms with Gasteiger partial charge in [0.25, 0.3) is 0 Å². The molecular formula is C12H12BrNO3. The third-order valence-electron chi connectivity index (χ3n) is 2.75. The average molecular weight is 298 g/mol. The van der Waals surface area contributed by atoms with E-state index in [0.717, 1.165) is 10.0 Å². The Kier molecular flexibility index (Phi) is 3.19. The first-order chi connectivity index (χ1) is 7.97. The SMILES string of the molecule is Cc1cc(Br)cc(NC(=O)C2CC2C(=O)O)c1. The number of benzene rings is 1. The summed E-state index contributed by atoms with van der Waals surface area (Å²) in [4.78, 5) is 22.4. The maximum Gasteiger partial charge on any atom is 0.307 e. The molecule has 17 heavy (non-hydrogen) atoms. The van der Waals surface area contributed by atoms with Crippen LogP contribution in [-0.2, 0) is 9.59 Å². The maximum absolute atomic E-state index is 11.7. The largest absolute Gasteiger partial charge is 0.481 e. The van der Waals surface area contributed by atoms with Crippen molar-refractivity contribution in [1.29, 1.82) is 0 Å².